The number of carbonyl (C=O) groups excluding carboxylic acids is 2. The van der Waals surface area contributed by atoms with Crippen molar-refractivity contribution < 1.29 is 14.0 Å². The number of aromatic amines is 1. The summed E-state index contributed by atoms with van der Waals surface area (Å²) in [5, 5.41) is 16.1. The van der Waals surface area contributed by atoms with Gasteiger partial charge in [0.1, 0.15) is 17.3 Å². The highest BCUT2D eigenvalue weighted by Gasteiger charge is 2.19. The molecule has 0 radical (unpaired) electrons. The van der Waals surface area contributed by atoms with Crippen LogP contribution in [0.4, 0.5) is 27.3 Å². The van der Waals surface area contributed by atoms with Gasteiger partial charge in [0, 0.05) is 23.4 Å². The van der Waals surface area contributed by atoms with Crippen molar-refractivity contribution in [1.82, 2.24) is 20.5 Å². The summed E-state index contributed by atoms with van der Waals surface area (Å²) in [6.07, 6.45) is 1.56. The van der Waals surface area contributed by atoms with E-state index in [4.69, 9.17) is 0 Å². The van der Waals surface area contributed by atoms with Crippen LogP contribution in [0.5, 0.6) is 0 Å². The Morgan fingerprint density at radius 3 is 2.70 bits per heavy atom. The second-order valence-corrected chi connectivity index (χ2v) is 10.1. The third-order valence-electron chi connectivity index (χ3n) is 6.37. The Balaban J connectivity index is 1.21. The SMILES string of the molecule is O=C(Nc1cc(-c2cc(Nc3ccc(N4CCNCC4=O)cn3)c(=O)[nH]n2)ccc1F)c1cc2ccccc2s1. The van der Waals surface area contributed by atoms with Gasteiger partial charge in [-0.3, -0.25) is 14.4 Å². The highest BCUT2D eigenvalue weighted by atomic mass is 32.1. The Bertz CT molecular complexity index is 1770. The minimum atomic E-state index is -0.603. The summed E-state index contributed by atoms with van der Waals surface area (Å²) in [5.41, 5.74) is 1.17. The topological polar surface area (TPSA) is 132 Å². The molecule has 1 aliphatic heterocycles. The maximum Gasteiger partial charge on any atom is 0.287 e. The molecule has 5 aromatic rings. The molecule has 2 aromatic carbocycles. The molecule has 1 aliphatic rings. The van der Waals surface area contributed by atoms with Crippen LogP contribution in [0, 0.1) is 5.82 Å². The van der Waals surface area contributed by atoms with Crippen molar-refractivity contribution in [3.63, 3.8) is 0 Å². The van der Waals surface area contributed by atoms with E-state index in [1.807, 2.05) is 24.3 Å². The Morgan fingerprint density at radius 2 is 1.90 bits per heavy atom. The van der Waals surface area contributed by atoms with Crippen LogP contribution in [0.1, 0.15) is 9.67 Å². The van der Waals surface area contributed by atoms with E-state index >= 15 is 0 Å². The van der Waals surface area contributed by atoms with E-state index in [-0.39, 0.29) is 23.8 Å². The Labute approximate surface area is 230 Å². The lowest BCUT2D eigenvalue weighted by molar-refractivity contribution is -0.118. The van der Waals surface area contributed by atoms with Gasteiger partial charge in [-0.05, 0) is 53.9 Å². The molecule has 0 bridgehead atoms. The Kier molecular flexibility index (Phi) is 6.76. The number of benzene rings is 2. The van der Waals surface area contributed by atoms with Crippen LogP contribution >= 0.6 is 11.3 Å². The molecule has 1 fully saturated rings. The molecule has 0 unspecified atom stereocenters. The van der Waals surface area contributed by atoms with E-state index in [9.17, 15) is 18.8 Å². The summed E-state index contributed by atoms with van der Waals surface area (Å²) in [6, 6.07) is 18.5. The quantitative estimate of drug-likeness (QED) is 0.248. The third kappa shape index (κ3) is 5.17. The van der Waals surface area contributed by atoms with E-state index in [2.05, 4.69) is 31.1 Å². The normalized spacial score (nSPS) is 13.4. The molecule has 0 aliphatic carbocycles. The van der Waals surface area contributed by atoms with Gasteiger partial charge >= 0.3 is 0 Å². The van der Waals surface area contributed by atoms with E-state index in [0.717, 1.165) is 10.1 Å². The predicted octanol–water partition coefficient (Wildman–Crippen LogP) is 4.12. The molecular formula is C28H22FN7O3S. The highest BCUT2D eigenvalue weighted by molar-refractivity contribution is 7.20. The number of aromatic nitrogens is 3. The van der Waals surface area contributed by atoms with Gasteiger partial charge in [0.25, 0.3) is 11.5 Å². The number of hydrogen-bond acceptors (Lipinski definition) is 8. The molecule has 0 atom stereocenters. The maximum absolute atomic E-state index is 14.7. The van der Waals surface area contributed by atoms with Crippen molar-refractivity contribution in [2.24, 2.45) is 0 Å². The molecule has 40 heavy (non-hydrogen) atoms. The molecule has 2 amide bonds. The van der Waals surface area contributed by atoms with E-state index in [1.165, 1.54) is 35.6 Å². The van der Waals surface area contributed by atoms with Crippen LogP contribution in [-0.2, 0) is 4.79 Å². The fraction of sp³-hybridized carbons (Fsp3) is 0.107. The number of nitrogens with zero attached hydrogens (tertiary/aromatic N) is 3. The summed E-state index contributed by atoms with van der Waals surface area (Å²) < 4.78 is 15.6. The number of anilines is 4. The monoisotopic (exact) mass is 555 g/mol. The summed E-state index contributed by atoms with van der Waals surface area (Å²) in [7, 11) is 0. The van der Waals surface area contributed by atoms with Gasteiger partial charge in [-0.25, -0.2) is 14.5 Å². The fourth-order valence-corrected chi connectivity index (χ4v) is 5.30. The van der Waals surface area contributed by atoms with Crippen molar-refractivity contribution in [2.45, 2.75) is 0 Å². The first-order valence-electron chi connectivity index (χ1n) is 12.4. The lowest BCUT2D eigenvalue weighted by Gasteiger charge is -2.27. The first-order valence-corrected chi connectivity index (χ1v) is 13.2. The maximum atomic E-state index is 14.7. The van der Waals surface area contributed by atoms with Crippen LogP contribution in [0.15, 0.2) is 77.7 Å². The molecule has 3 aromatic heterocycles. The second kappa shape index (κ2) is 10.7. The van der Waals surface area contributed by atoms with Crippen LogP contribution in [0.2, 0.25) is 0 Å². The standard InChI is InChI=1S/C28H22FN7O3S/c29-19-7-5-16(11-21(19)33-28(39)24-12-17-3-1-2-4-23(17)40-24)20-13-22(27(38)35-34-20)32-25-8-6-18(14-31-25)36-10-9-30-15-26(36)37/h1-8,11-14,30H,9-10,15H2,(H,33,39)(H,35,38)(H,31,32,34). The van der Waals surface area contributed by atoms with Crippen molar-refractivity contribution in [1.29, 1.82) is 0 Å². The number of nitrogens with one attached hydrogen (secondary N) is 4. The molecule has 0 spiro atoms. The number of thiophene rings is 1. The van der Waals surface area contributed by atoms with E-state index < -0.39 is 17.3 Å². The molecule has 10 nitrogen and oxygen atoms in total. The lowest BCUT2D eigenvalue weighted by Crippen LogP contribution is -2.48. The summed E-state index contributed by atoms with van der Waals surface area (Å²) in [5.74, 6) is -0.675. The van der Waals surface area contributed by atoms with Crippen LogP contribution in [0.25, 0.3) is 21.3 Å². The number of piperazine rings is 1. The van der Waals surface area contributed by atoms with Gasteiger partial charge in [-0.15, -0.1) is 11.3 Å². The number of amides is 2. The average Bonchev–Trinajstić information content (AvgIpc) is 3.41. The largest absolute Gasteiger partial charge is 0.336 e. The molecule has 4 N–H and O–H groups in total. The summed E-state index contributed by atoms with van der Waals surface area (Å²) in [4.78, 5) is 43.9. The van der Waals surface area contributed by atoms with Crippen LogP contribution in [-0.4, -0.2) is 46.6 Å². The zero-order chi connectivity index (χ0) is 27.6. The zero-order valence-corrected chi connectivity index (χ0v) is 21.7. The third-order valence-corrected chi connectivity index (χ3v) is 7.49. The first-order chi connectivity index (χ1) is 19.4. The number of carbonyl (C=O) groups is 2. The smallest absolute Gasteiger partial charge is 0.287 e. The van der Waals surface area contributed by atoms with Crippen LogP contribution in [0.3, 0.4) is 0 Å². The van der Waals surface area contributed by atoms with Gasteiger partial charge in [0.2, 0.25) is 5.91 Å². The first kappa shape index (κ1) is 25.3. The van der Waals surface area contributed by atoms with Gasteiger partial charge in [-0.1, -0.05) is 18.2 Å². The van der Waals surface area contributed by atoms with Gasteiger partial charge in [0.05, 0.1) is 34.7 Å². The molecular weight excluding hydrogens is 533 g/mol. The minimum Gasteiger partial charge on any atom is -0.336 e. The second-order valence-electron chi connectivity index (χ2n) is 9.04. The predicted molar refractivity (Wildman–Crippen MR) is 153 cm³/mol. The molecule has 200 valence electrons. The van der Waals surface area contributed by atoms with E-state index in [0.29, 0.717) is 40.7 Å². The molecule has 6 rings (SSSR count). The number of pyridine rings is 1. The average molecular weight is 556 g/mol. The molecule has 12 heteroatoms. The molecule has 1 saturated heterocycles. The number of H-pyrrole nitrogens is 1. The molecule has 0 saturated carbocycles. The number of rotatable bonds is 6. The minimum absolute atomic E-state index is 0.0119. The van der Waals surface area contributed by atoms with Gasteiger partial charge in [0.15, 0.2) is 0 Å². The van der Waals surface area contributed by atoms with Crippen molar-refractivity contribution in [3.8, 4) is 11.3 Å². The van der Waals surface area contributed by atoms with Crippen LogP contribution < -0.4 is 26.4 Å². The van der Waals surface area contributed by atoms with Gasteiger partial charge in [-0.2, -0.15) is 5.10 Å². The van der Waals surface area contributed by atoms with E-state index in [1.54, 1.807) is 29.3 Å². The molecule has 4 heterocycles. The number of halogens is 1. The highest BCUT2D eigenvalue weighted by Crippen LogP contribution is 2.28. The zero-order valence-electron chi connectivity index (χ0n) is 20.9. The Hall–Kier alpha value is -4.94. The Morgan fingerprint density at radius 1 is 1.02 bits per heavy atom. The number of hydrogen-bond donors (Lipinski definition) is 4. The van der Waals surface area contributed by atoms with Gasteiger partial charge < -0.3 is 20.9 Å². The lowest BCUT2D eigenvalue weighted by atomic mass is 10.1. The fourth-order valence-electron chi connectivity index (χ4n) is 4.34. The summed E-state index contributed by atoms with van der Waals surface area (Å²) >= 11 is 1.32. The van der Waals surface area contributed by atoms with Crippen molar-refractivity contribution in [2.75, 3.05) is 35.2 Å². The van der Waals surface area contributed by atoms with Crippen molar-refractivity contribution >= 4 is 56.1 Å². The van der Waals surface area contributed by atoms with Crippen molar-refractivity contribution in [3.05, 3.63) is 94.0 Å². The number of fused-ring (bicyclic) bond motifs is 1. The summed E-state index contributed by atoms with van der Waals surface area (Å²) in [6.45, 7) is 1.51.